The zero-order valence-electron chi connectivity index (χ0n) is 8.78. The quantitative estimate of drug-likeness (QED) is 0.791. The van der Waals surface area contributed by atoms with Crippen LogP contribution in [0.2, 0.25) is 0 Å². The van der Waals surface area contributed by atoms with Crippen LogP contribution in [-0.4, -0.2) is 10.5 Å². The van der Waals surface area contributed by atoms with E-state index in [0.717, 1.165) is 5.69 Å². The molecule has 0 saturated heterocycles. The van der Waals surface area contributed by atoms with Gasteiger partial charge in [-0.1, -0.05) is 6.07 Å². The maximum Gasteiger partial charge on any atom is 0.101 e. The summed E-state index contributed by atoms with van der Waals surface area (Å²) in [5.74, 6) is 0. The lowest BCUT2D eigenvalue weighted by atomic mass is 10.1. The second-order valence-corrected chi connectivity index (χ2v) is 3.86. The minimum Gasteiger partial charge on any atom is -0.292 e. The Kier molecular flexibility index (Phi) is 3.21. The monoisotopic (exact) mass is 189 g/mol. The first-order valence-electron chi connectivity index (χ1n) is 4.65. The maximum absolute atomic E-state index is 8.86. The third kappa shape index (κ3) is 2.82. The average Bonchev–Trinajstić information content (AvgIpc) is 2.19. The normalized spacial score (nSPS) is 13.3. The SMILES string of the molecule is C[C@@H](NC(C)(C)C#N)c1ccccn1. The average molecular weight is 189 g/mol. The van der Waals surface area contributed by atoms with Crippen molar-refractivity contribution in [3.05, 3.63) is 30.1 Å². The molecular weight excluding hydrogens is 174 g/mol. The van der Waals surface area contributed by atoms with Crippen molar-refractivity contribution in [2.24, 2.45) is 0 Å². The Morgan fingerprint density at radius 3 is 2.71 bits per heavy atom. The predicted molar refractivity (Wildman–Crippen MR) is 55.5 cm³/mol. The van der Waals surface area contributed by atoms with Crippen molar-refractivity contribution in [2.75, 3.05) is 0 Å². The first kappa shape index (κ1) is 10.7. The van der Waals surface area contributed by atoms with E-state index in [1.54, 1.807) is 6.20 Å². The van der Waals surface area contributed by atoms with Gasteiger partial charge in [-0.15, -0.1) is 0 Å². The minimum atomic E-state index is -0.517. The number of hydrogen-bond donors (Lipinski definition) is 1. The van der Waals surface area contributed by atoms with Crippen LogP contribution in [0.25, 0.3) is 0 Å². The lowest BCUT2D eigenvalue weighted by Crippen LogP contribution is -2.39. The summed E-state index contributed by atoms with van der Waals surface area (Å²) in [7, 11) is 0. The summed E-state index contributed by atoms with van der Waals surface area (Å²) in [5, 5.41) is 12.1. The van der Waals surface area contributed by atoms with Gasteiger partial charge in [0.05, 0.1) is 11.8 Å². The Hall–Kier alpha value is -1.40. The van der Waals surface area contributed by atoms with Crippen molar-refractivity contribution in [1.82, 2.24) is 10.3 Å². The summed E-state index contributed by atoms with van der Waals surface area (Å²) in [6, 6.07) is 8.07. The van der Waals surface area contributed by atoms with Crippen LogP contribution < -0.4 is 5.32 Å². The van der Waals surface area contributed by atoms with Gasteiger partial charge in [0.15, 0.2) is 0 Å². The van der Waals surface area contributed by atoms with E-state index >= 15 is 0 Å². The van der Waals surface area contributed by atoms with Gasteiger partial charge in [-0.25, -0.2) is 0 Å². The number of nitriles is 1. The summed E-state index contributed by atoms with van der Waals surface area (Å²) < 4.78 is 0. The van der Waals surface area contributed by atoms with Crippen LogP contribution in [0.3, 0.4) is 0 Å². The van der Waals surface area contributed by atoms with Crippen molar-refractivity contribution < 1.29 is 0 Å². The van der Waals surface area contributed by atoms with Crippen LogP contribution in [0.4, 0.5) is 0 Å². The molecule has 0 unspecified atom stereocenters. The predicted octanol–water partition coefficient (Wildman–Crippen LogP) is 2.03. The fourth-order valence-electron chi connectivity index (χ4n) is 1.28. The van der Waals surface area contributed by atoms with Crippen molar-refractivity contribution in [3.8, 4) is 6.07 Å². The molecule has 1 heterocycles. The fourth-order valence-corrected chi connectivity index (χ4v) is 1.28. The van der Waals surface area contributed by atoms with Gasteiger partial charge < -0.3 is 0 Å². The Morgan fingerprint density at radius 1 is 1.50 bits per heavy atom. The molecule has 0 amide bonds. The molecule has 3 heteroatoms. The van der Waals surface area contributed by atoms with Gasteiger partial charge in [0.25, 0.3) is 0 Å². The van der Waals surface area contributed by atoms with E-state index in [4.69, 9.17) is 5.26 Å². The topological polar surface area (TPSA) is 48.7 Å². The van der Waals surface area contributed by atoms with Gasteiger partial charge in [0.2, 0.25) is 0 Å². The van der Waals surface area contributed by atoms with E-state index in [1.807, 2.05) is 39.0 Å². The van der Waals surface area contributed by atoms with E-state index in [2.05, 4.69) is 16.4 Å². The first-order chi connectivity index (χ1) is 6.55. The van der Waals surface area contributed by atoms with E-state index < -0.39 is 5.54 Å². The third-order valence-corrected chi connectivity index (χ3v) is 1.99. The molecule has 74 valence electrons. The molecule has 1 rings (SSSR count). The number of nitrogens with one attached hydrogen (secondary N) is 1. The van der Waals surface area contributed by atoms with Crippen LogP contribution in [0.5, 0.6) is 0 Å². The van der Waals surface area contributed by atoms with Crippen LogP contribution >= 0.6 is 0 Å². The van der Waals surface area contributed by atoms with Crippen LogP contribution in [0.15, 0.2) is 24.4 Å². The van der Waals surface area contributed by atoms with Gasteiger partial charge in [-0.2, -0.15) is 5.26 Å². The zero-order valence-corrected chi connectivity index (χ0v) is 8.78. The summed E-state index contributed by atoms with van der Waals surface area (Å²) in [6.07, 6.45) is 1.76. The summed E-state index contributed by atoms with van der Waals surface area (Å²) in [5.41, 5.74) is 0.438. The summed E-state index contributed by atoms with van der Waals surface area (Å²) in [6.45, 7) is 5.71. The Labute approximate surface area is 84.8 Å². The first-order valence-corrected chi connectivity index (χ1v) is 4.65. The van der Waals surface area contributed by atoms with Crippen LogP contribution in [-0.2, 0) is 0 Å². The molecule has 0 aromatic carbocycles. The molecule has 0 bridgehead atoms. The highest BCUT2D eigenvalue weighted by Gasteiger charge is 2.19. The largest absolute Gasteiger partial charge is 0.292 e. The molecular formula is C11H15N3. The van der Waals surface area contributed by atoms with E-state index in [-0.39, 0.29) is 6.04 Å². The van der Waals surface area contributed by atoms with Gasteiger partial charge >= 0.3 is 0 Å². The number of aromatic nitrogens is 1. The number of rotatable bonds is 3. The minimum absolute atomic E-state index is 0.0887. The molecule has 0 saturated carbocycles. The van der Waals surface area contributed by atoms with Gasteiger partial charge in [0, 0.05) is 12.2 Å². The molecule has 1 N–H and O–H groups in total. The van der Waals surface area contributed by atoms with E-state index in [9.17, 15) is 0 Å². The molecule has 0 aliphatic heterocycles. The van der Waals surface area contributed by atoms with Gasteiger partial charge in [0.1, 0.15) is 5.54 Å². The Balaban J connectivity index is 2.70. The lowest BCUT2D eigenvalue weighted by molar-refractivity contribution is 0.422. The zero-order chi connectivity index (χ0) is 10.6. The Morgan fingerprint density at radius 2 is 2.21 bits per heavy atom. The number of hydrogen-bond acceptors (Lipinski definition) is 3. The van der Waals surface area contributed by atoms with Gasteiger partial charge in [-0.05, 0) is 32.9 Å². The highest BCUT2D eigenvalue weighted by atomic mass is 15.0. The smallest absolute Gasteiger partial charge is 0.101 e. The highest BCUT2D eigenvalue weighted by molar-refractivity contribution is 5.11. The summed E-state index contributed by atoms with van der Waals surface area (Å²) >= 11 is 0. The fraction of sp³-hybridized carbons (Fsp3) is 0.455. The lowest BCUT2D eigenvalue weighted by Gasteiger charge is -2.22. The summed E-state index contributed by atoms with van der Waals surface area (Å²) in [4.78, 5) is 4.23. The number of nitrogens with zero attached hydrogens (tertiary/aromatic N) is 2. The molecule has 0 spiro atoms. The van der Waals surface area contributed by atoms with Crippen LogP contribution in [0, 0.1) is 11.3 Å². The standard InChI is InChI=1S/C11H15N3/c1-9(14-11(2,3)8-12)10-6-4-5-7-13-10/h4-7,9,14H,1-3H3/t9-/m1/s1. The molecule has 3 nitrogen and oxygen atoms in total. The third-order valence-electron chi connectivity index (χ3n) is 1.99. The molecule has 0 radical (unpaired) electrons. The highest BCUT2D eigenvalue weighted by Crippen LogP contribution is 2.12. The maximum atomic E-state index is 8.86. The number of pyridine rings is 1. The van der Waals surface area contributed by atoms with Crippen molar-refractivity contribution in [2.45, 2.75) is 32.4 Å². The molecule has 1 aromatic heterocycles. The van der Waals surface area contributed by atoms with Crippen molar-refractivity contribution in [3.63, 3.8) is 0 Å². The second kappa shape index (κ2) is 4.21. The van der Waals surface area contributed by atoms with E-state index in [0.29, 0.717) is 0 Å². The van der Waals surface area contributed by atoms with Crippen LogP contribution in [0.1, 0.15) is 32.5 Å². The van der Waals surface area contributed by atoms with Gasteiger partial charge in [-0.3, -0.25) is 10.3 Å². The molecule has 0 aliphatic carbocycles. The Bertz CT molecular complexity index is 324. The molecule has 0 aliphatic rings. The van der Waals surface area contributed by atoms with E-state index in [1.165, 1.54) is 0 Å². The molecule has 1 aromatic rings. The van der Waals surface area contributed by atoms with Crippen molar-refractivity contribution >= 4 is 0 Å². The molecule has 14 heavy (non-hydrogen) atoms. The molecule has 0 fully saturated rings. The second-order valence-electron chi connectivity index (χ2n) is 3.86. The van der Waals surface area contributed by atoms with Crippen molar-refractivity contribution in [1.29, 1.82) is 5.26 Å². The molecule has 1 atom stereocenters.